The first-order valence-electron chi connectivity index (χ1n) is 7.97. The highest BCUT2D eigenvalue weighted by atomic mass is 32.1. The van der Waals surface area contributed by atoms with Gasteiger partial charge < -0.3 is 4.57 Å². The lowest BCUT2D eigenvalue weighted by molar-refractivity contribution is -0.118. The highest BCUT2D eigenvalue weighted by Gasteiger charge is 2.16. The summed E-state index contributed by atoms with van der Waals surface area (Å²) in [5, 5.41) is 0. The molecule has 23 heavy (non-hydrogen) atoms. The summed E-state index contributed by atoms with van der Waals surface area (Å²) in [5.41, 5.74) is 0.816. The lowest BCUT2D eigenvalue weighted by Gasteiger charge is -2.05. The van der Waals surface area contributed by atoms with E-state index in [-0.39, 0.29) is 11.7 Å². The third-order valence-electron chi connectivity index (χ3n) is 4.36. The molecule has 0 aliphatic heterocycles. The second-order valence-electron chi connectivity index (χ2n) is 5.98. The maximum absolute atomic E-state index is 13.4. The predicted molar refractivity (Wildman–Crippen MR) is 90.4 cm³/mol. The first-order valence-corrected chi connectivity index (χ1v) is 8.79. The number of amides is 1. The summed E-state index contributed by atoms with van der Waals surface area (Å²) >= 11 is 1.30. The number of terminal acetylenes is 1. The smallest absolute Gasteiger partial charge is 0.248 e. The number of carbonyl (C=O) groups is 1. The maximum Gasteiger partial charge on any atom is 0.248 e. The third-order valence-corrected chi connectivity index (χ3v) is 5.40. The molecular weight excluding hydrogens is 311 g/mol. The van der Waals surface area contributed by atoms with Gasteiger partial charge in [-0.3, -0.25) is 4.79 Å². The topological polar surface area (TPSA) is 34.4 Å². The van der Waals surface area contributed by atoms with Crippen molar-refractivity contribution in [2.45, 2.75) is 45.1 Å². The zero-order chi connectivity index (χ0) is 16.2. The van der Waals surface area contributed by atoms with Gasteiger partial charge in [-0.2, -0.15) is 4.99 Å². The van der Waals surface area contributed by atoms with Gasteiger partial charge in [-0.05, 0) is 30.5 Å². The van der Waals surface area contributed by atoms with Crippen molar-refractivity contribution in [3.05, 3.63) is 28.8 Å². The minimum atomic E-state index is -0.300. The molecule has 0 unspecified atom stereocenters. The van der Waals surface area contributed by atoms with Crippen LogP contribution in [0.4, 0.5) is 4.39 Å². The number of thiazole rings is 1. The van der Waals surface area contributed by atoms with Crippen molar-refractivity contribution in [3.8, 4) is 12.3 Å². The molecule has 1 saturated carbocycles. The van der Waals surface area contributed by atoms with Gasteiger partial charge in [0.05, 0.1) is 16.8 Å². The molecule has 2 aromatic rings. The fraction of sp³-hybridized carbons (Fsp3) is 0.444. The number of carbonyl (C=O) groups excluding carboxylic acids is 1. The first kappa shape index (κ1) is 15.9. The molecule has 0 N–H and O–H groups in total. The van der Waals surface area contributed by atoms with Gasteiger partial charge in [0, 0.05) is 6.42 Å². The molecule has 120 valence electrons. The van der Waals surface area contributed by atoms with E-state index < -0.39 is 0 Å². The van der Waals surface area contributed by atoms with E-state index in [4.69, 9.17) is 6.42 Å². The summed E-state index contributed by atoms with van der Waals surface area (Å²) in [4.78, 5) is 17.0. The molecule has 0 saturated heterocycles. The van der Waals surface area contributed by atoms with Crippen LogP contribution in [0.2, 0.25) is 0 Å². The van der Waals surface area contributed by atoms with Crippen LogP contribution in [0, 0.1) is 24.1 Å². The van der Waals surface area contributed by atoms with Crippen molar-refractivity contribution in [2.24, 2.45) is 10.9 Å². The Labute approximate surface area is 138 Å². The molecule has 5 heteroatoms. The Balaban J connectivity index is 1.86. The van der Waals surface area contributed by atoms with Gasteiger partial charge in [0.2, 0.25) is 5.91 Å². The summed E-state index contributed by atoms with van der Waals surface area (Å²) in [6.07, 6.45) is 11.8. The van der Waals surface area contributed by atoms with E-state index in [0.717, 1.165) is 16.6 Å². The molecule has 0 bridgehead atoms. The van der Waals surface area contributed by atoms with Crippen molar-refractivity contribution >= 4 is 27.5 Å². The fourth-order valence-corrected chi connectivity index (χ4v) is 4.24. The van der Waals surface area contributed by atoms with Crippen molar-refractivity contribution in [1.29, 1.82) is 0 Å². The summed E-state index contributed by atoms with van der Waals surface area (Å²) in [7, 11) is 0. The number of hydrogen-bond donors (Lipinski definition) is 0. The lowest BCUT2D eigenvalue weighted by Crippen LogP contribution is -2.16. The van der Waals surface area contributed by atoms with Gasteiger partial charge in [0.15, 0.2) is 4.80 Å². The van der Waals surface area contributed by atoms with Gasteiger partial charge in [-0.25, -0.2) is 4.39 Å². The van der Waals surface area contributed by atoms with Crippen LogP contribution in [-0.4, -0.2) is 10.5 Å². The monoisotopic (exact) mass is 330 g/mol. The molecule has 1 aliphatic rings. The zero-order valence-corrected chi connectivity index (χ0v) is 13.7. The Kier molecular flexibility index (Phi) is 4.92. The van der Waals surface area contributed by atoms with Crippen LogP contribution in [-0.2, 0) is 11.3 Å². The van der Waals surface area contributed by atoms with Crippen LogP contribution >= 0.6 is 11.3 Å². The van der Waals surface area contributed by atoms with Crippen molar-refractivity contribution in [1.82, 2.24) is 4.57 Å². The molecule has 1 aromatic carbocycles. The third kappa shape index (κ3) is 3.70. The minimum Gasteiger partial charge on any atom is -0.305 e. The zero-order valence-electron chi connectivity index (χ0n) is 12.9. The number of aromatic nitrogens is 1. The standard InChI is InChI=1S/C18H19FN2OS/c1-2-11-21-15-9-8-14(19)12-16(15)23-18(21)20-17(22)10-7-13-5-3-4-6-13/h1,8-9,12-13H,3-7,10-11H2. The van der Waals surface area contributed by atoms with Crippen LogP contribution in [0.25, 0.3) is 10.2 Å². The summed E-state index contributed by atoms with van der Waals surface area (Å²) < 4.78 is 15.9. The Bertz CT molecular complexity index is 822. The van der Waals surface area contributed by atoms with Crippen LogP contribution in [0.3, 0.4) is 0 Å². The highest BCUT2D eigenvalue weighted by Crippen LogP contribution is 2.28. The molecule has 0 radical (unpaired) electrons. The SMILES string of the molecule is C#CCn1c(=NC(=O)CCC2CCCC2)sc2cc(F)ccc21. The van der Waals surface area contributed by atoms with Crippen LogP contribution in [0.15, 0.2) is 23.2 Å². The quantitative estimate of drug-likeness (QED) is 0.784. The first-order chi connectivity index (χ1) is 11.2. The van der Waals surface area contributed by atoms with Crippen molar-refractivity contribution in [2.75, 3.05) is 0 Å². The van der Waals surface area contributed by atoms with Gasteiger partial charge in [-0.15, -0.1) is 6.42 Å². The second kappa shape index (κ2) is 7.10. The Morgan fingerprint density at radius 3 is 2.96 bits per heavy atom. The Hall–Kier alpha value is -1.93. The molecule has 1 fully saturated rings. The van der Waals surface area contributed by atoms with Crippen LogP contribution in [0.1, 0.15) is 38.5 Å². The fourth-order valence-electron chi connectivity index (χ4n) is 3.17. The molecule has 1 aliphatic carbocycles. The van der Waals surface area contributed by atoms with E-state index in [2.05, 4.69) is 10.9 Å². The number of nitrogens with zero attached hydrogens (tertiary/aromatic N) is 2. The van der Waals surface area contributed by atoms with E-state index in [0.29, 0.717) is 23.7 Å². The number of rotatable bonds is 4. The van der Waals surface area contributed by atoms with E-state index in [9.17, 15) is 9.18 Å². The Morgan fingerprint density at radius 1 is 1.43 bits per heavy atom. The number of fused-ring (bicyclic) bond motifs is 1. The molecular formula is C18H19FN2OS. The molecule has 0 spiro atoms. The minimum absolute atomic E-state index is 0.116. The molecule has 3 rings (SSSR count). The van der Waals surface area contributed by atoms with Crippen molar-refractivity contribution in [3.63, 3.8) is 0 Å². The van der Waals surface area contributed by atoms with Gasteiger partial charge in [0.1, 0.15) is 5.82 Å². The van der Waals surface area contributed by atoms with Gasteiger partial charge in [0.25, 0.3) is 0 Å². The summed E-state index contributed by atoms with van der Waals surface area (Å²) in [6, 6.07) is 4.53. The van der Waals surface area contributed by atoms with E-state index in [1.165, 1.54) is 49.2 Å². The van der Waals surface area contributed by atoms with Gasteiger partial charge >= 0.3 is 0 Å². The highest BCUT2D eigenvalue weighted by molar-refractivity contribution is 7.16. The van der Waals surface area contributed by atoms with Gasteiger partial charge in [-0.1, -0.05) is 42.9 Å². The van der Waals surface area contributed by atoms with E-state index in [1.807, 2.05) is 0 Å². The molecule has 1 heterocycles. The van der Waals surface area contributed by atoms with Crippen LogP contribution < -0.4 is 4.80 Å². The molecule has 0 atom stereocenters. The summed E-state index contributed by atoms with van der Waals surface area (Å²) in [5.74, 6) is 2.83. The van der Waals surface area contributed by atoms with E-state index in [1.54, 1.807) is 10.6 Å². The number of halogens is 1. The Morgan fingerprint density at radius 2 is 2.22 bits per heavy atom. The average Bonchev–Trinajstić information content (AvgIpc) is 3.14. The summed E-state index contributed by atoms with van der Waals surface area (Å²) in [6.45, 7) is 0.320. The lowest BCUT2D eigenvalue weighted by atomic mass is 10.0. The molecule has 1 amide bonds. The molecule has 1 aromatic heterocycles. The largest absolute Gasteiger partial charge is 0.305 e. The number of hydrogen-bond acceptors (Lipinski definition) is 2. The van der Waals surface area contributed by atoms with E-state index >= 15 is 0 Å². The van der Waals surface area contributed by atoms with Crippen LogP contribution in [0.5, 0.6) is 0 Å². The van der Waals surface area contributed by atoms with Crippen molar-refractivity contribution < 1.29 is 9.18 Å². The number of benzene rings is 1. The average molecular weight is 330 g/mol. The second-order valence-corrected chi connectivity index (χ2v) is 6.99. The normalized spacial score (nSPS) is 16.1. The predicted octanol–water partition coefficient (Wildman–Crippen LogP) is 3.87. The molecule has 3 nitrogen and oxygen atoms in total. The maximum atomic E-state index is 13.4.